The van der Waals surface area contributed by atoms with Crippen LogP contribution in [0.2, 0.25) is 0 Å². The van der Waals surface area contributed by atoms with E-state index in [4.69, 9.17) is 9.47 Å². The second-order valence-electron chi connectivity index (χ2n) is 7.42. The zero-order chi connectivity index (χ0) is 21.2. The molecule has 1 saturated carbocycles. The number of aliphatic hydroxyl groups is 1. The van der Waals surface area contributed by atoms with Gasteiger partial charge in [0.25, 0.3) is 0 Å². The van der Waals surface area contributed by atoms with Gasteiger partial charge in [-0.05, 0) is 30.4 Å². The molecule has 7 nitrogen and oxygen atoms in total. The molecule has 0 unspecified atom stereocenters. The quantitative estimate of drug-likeness (QED) is 0.648. The smallest absolute Gasteiger partial charge is 0.407 e. The van der Waals surface area contributed by atoms with Crippen molar-refractivity contribution in [1.29, 1.82) is 0 Å². The number of ether oxygens (including phenoxy) is 2. The Morgan fingerprint density at radius 3 is 2.03 bits per heavy atom. The van der Waals surface area contributed by atoms with Crippen molar-refractivity contribution in [1.82, 2.24) is 10.6 Å². The molecule has 7 heteroatoms. The molecule has 0 bridgehead atoms. The number of alkyl carbamates (subject to hydrolysis) is 2. The van der Waals surface area contributed by atoms with Crippen LogP contribution in [0.3, 0.4) is 0 Å². The number of amides is 2. The Hall–Kier alpha value is -3.06. The van der Waals surface area contributed by atoms with E-state index in [2.05, 4.69) is 10.6 Å². The Balaban J connectivity index is 1.45. The molecule has 0 heterocycles. The van der Waals surface area contributed by atoms with Crippen molar-refractivity contribution in [2.24, 2.45) is 5.92 Å². The van der Waals surface area contributed by atoms with Gasteiger partial charge in [-0.2, -0.15) is 0 Å². The van der Waals surface area contributed by atoms with Crippen LogP contribution in [0.1, 0.15) is 30.4 Å². The van der Waals surface area contributed by atoms with E-state index in [-0.39, 0.29) is 31.7 Å². The minimum Gasteiger partial charge on any atom is -0.445 e. The summed E-state index contributed by atoms with van der Waals surface area (Å²) in [6, 6.07) is 18.5. The summed E-state index contributed by atoms with van der Waals surface area (Å²) >= 11 is 0. The highest BCUT2D eigenvalue weighted by atomic mass is 16.6. The molecular formula is C23H28N2O5. The van der Waals surface area contributed by atoms with E-state index in [1.165, 1.54) is 0 Å². The van der Waals surface area contributed by atoms with Gasteiger partial charge in [0, 0.05) is 18.5 Å². The van der Waals surface area contributed by atoms with E-state index >= 15 is 0 Å². The molecule has 0 aromatic heterocycles. The van der Waals surface area contributed by atoms with Gasteiger partial charge in [0.2, 0.25) is 0 Å². The van der Waals surface area contributed by atoms with Crippen molar-refractivity contribution in [3.63, 3.8) is 0 Å². The molecular weight excluding hydrogens is 384 g/mol. The molecule has 3 atom stereocenters. The van der Waals surface area contributed by atoms with Gasteiger partial charge in [-0.3, -0.25) is 0 Å². The highest BCUT2D eigenvalue weighted by Gasteiger charge is 2.33. The van der Waals surface area contributed by atoms with Crippen LogP contribution in [0, 0.1) is 5.92 Å². The first kappa shape index (κ1) is 21.6. The summed E-state index contributed by atoms with van der Waals surface area (Å²) in [5.74, 6) is -0.313. The Kier molecular flexibility index (Phi) is 8.09. The topological polar surface area (TPSA) is 96.9 Å². The predicted molar refractivity (Wildman–Crippen MR) is 112 cm³/mol. The molecule has 0 radical (unpaired) electrons. The first-order valence-electron chi connectivity index (χ1n) is 10.2. The van der Waals surface area contributed by atoms with Crippen LogP contribution in [0.5, 0.6) is 0 Å². The summed E-state index contributed by atoms with van der Waals surface area (Å²) in [5, 5.41) is 15.9. The number of hydrogen-bond acceptors (Lipinski definition) is 5. The average molecular weight is 412 g/mol. The van der Waals surface area contributed by atoms with Crippen molar-refractivity contribution < 1.29 is 24.2 Å². The summed E-state index contributed by atoms with van der Waals surface area (Å²) in [4.78, 5) is 24.2. The molecule has 160 valence electrons. The molecule has 0 spiro atoms. The lowest BCUT2D eigenvalue weighted by atomic mass is 9.82. The van der Waals surface area contributed by atoms with E-state index in [9.17, 15) is 14.7 Å². The number of rotatable bonds is 7. The van der Waals surface area contributed by atoms with Crippen LogP contribution in [0.4, 0.5) is 9.59 Å². The van der Waals surface area contributed by atoms with Gasteiger partial charge in [0.15, 0.2) is 0 Å². The van der Waals surface area contributed by atoms with Crippen LogP contribution in [0.25, 0.3) is 0 Å². The van der Waals surface area contributed by atoms with Crippen molar-refractivity contribution in [2.45, 2.75) is 44.6 Å². The third-order valence-corrected chi connectivity index (χ3v) is 5.24. The number of aliphatic hydroxyl groups excluding tert-OH is 1. The third kappa shape index (κ3) is 6.77. The third-order valence-electron chi connectivity index (χ3n) is 5.24. The SMILES string of the molecule is O=C(NC[C@H]1[C@@H](O)CCC[C@H]1NC(=O)OCc1ccccc1)OCc1ccccc1. The lowest BCUT2D eigenvalue weighted by molar-refractivity contribution is 0.0432. The fourth-order valence-corrected chi connectivity index (χ4v) is 3.59. The van der Waals surface area contributed by atoms with Crippen molar-refractivity contribution in [3.8, 4) is 0 Å². The molecule has 0 saturated heterocycles. The predicted octanol–water partition coefficient (Wildman–Crippen LogP) is 3.37. The number of hydrogen-bond donors (Lipinski definition) is 3. The molecule has 1 fully saturated rings. The Bertz CT molecular complexity index is 800. The lowest BCUT2D eigenvalue weighted by Crippen LogP contribution is -2.51. The van der Waals surface area contributed by atoms with Crippen molar-refractivity contribution in [3.05, 3.63) is 71.8 Å². The lowest BCUT2D eigenvalue weighted by Gasteiger charge is -2.35. The van der Waals surface area contributed by atoms with E-state index < -0.39 is 18.3 Å². The highest BCUT2D eigenvalue weighted by Crippen LogP contribution is 2.25. The van der Waals surface area contributed by atoms with E-state index in [0.717, 1.165) is 17.5 Å². The summed E-state index contributed by atoms with van der Waals surface area (Å²) in [7, 11) is 0. The number of nitrogens with one attached hydrogen (secondary N) is 2. The summed E-state index contributed by atoms with van der Waals surface area (Å²) in [5.41, 5.74) is 1.79. The normalized spacial score (nSPS) is 20.8. The maximum atomic E-state index is 12.2. The van der Waals surface area contributed by atoms with E-state index in [0.29, 0.717) is 12.8 Å². The zero-order valence-corrected chi connectivity index (χ0v) is 16.8. The minimum absolute atomic E-state index is 0.174. The average Bonchev–Trinajstić information content (AvgIpc) is 2.77. The number of carbonyl (C=O) groups excluding carboxylic acids is 2. The number of carbonyl (C=O) groups is 2. The van der Waals surface area contributed by atoms with Crippen LogP contribution < -0.4 is 10.6 Å². The Morgan fingerprint density at radius 1 is 0.867 bits per heavy atom. The minimum atomic E-state index is -0.618. The van der Waals surface area contributed by atoms with Crippen LogP contribution >= 0.6 is 0 Å². The Morgan fingerprint density at radius 2 is 1.43 bits per heavy atom. The van der Waals surface area contributed by atoms with Gasteiger partial charge >= 0.3 is 12.2 Å². The fourth-order valence-electron chi connectivity index (χ4n) is 3.59. The Labute approximate surface area is 176 Å². The van der Waals surface area contributed by atoms with Crippen LogP contribution in [0.15, 0.2) is 60.7 Å². The second-order valence-corrected chi connectivity index (χ2v) is 7.42. The van der Waals surface area contributed by atoms with Gasteiger partial charge in [-0.15, -0.1) is 0 Å². The molecule has 1 aliphatic rings. The van der Waals surface area contributed by atoms with Gasteiger partial charge in [-0.25, -0.2) is 9.59 Å². The number of benzene rings is 2. The van der Waals surface area contributed by atoms with E-state index in [1.54, 1.807) is 0 Å². The molecule has 2 aromatic rings. The summed E-state index contributed by atoms with van der Waals surface area (Å²) in [6.07, 6.45) is 0.426. The van der Waals surface area contributed by atoms with Crippen molar-refractivity contribution >= 4 is 12.2 Å². The highest BCUT2D eigenvalue weighted by molar-refractivity contribution is 5.68. The molecule has 3 N–H and O–H groups in total. The standard InChI is InChI=1S/C23H28N2O5/c26-21-13-7-12-20(25-23(28)30-16-18-10-5-2-6-11-18)19(21)14-24-22(27)29-15-17-8-3-1-4-9-17/h1-6,8-11,19-21,26H,7,12-16H2,(H,24,27)(H,25,28)/t19-,20-,21+/m1/s1. The van der Waals surface area contributed by atoms with Gasteiger partial charge in [0.1, 0.15) is 13.2 Å². The van der Waals surface area contributed by atoms with Gasteiger partial charge in [-0.1, -0.05) is 60.7 Å². The summed E-state index contributed by atoms with van der Waals surface area (Å²) < 4.78 is 10.5. The molecule has 1 aliphatic carbocycles. The monoisotopic (exact) mass is 412 g/mol. The molecule has 2 amide bonds. The van der Waals surface area contributed by atoms with Gasteiger partial charge in [0.05, 0.1) is 6.10 Å². The molecule has 2 aromatic carbocycles. The largest absolute Gasteiger partial charge is 0.445 e. The molecule has 0 aliphatic heterocycles. The maximum Gasteiger partial charge on any atom is 0.407 e. The van der Waals surface area contributed by atoms with Crippen LogP contribution in [-0.4, -0.2) is 36.0 Å². The first-order valence-corrected chi connectivity index (χ1v) is 10.2. The fraction of sp³-hybridized carbons (Fsp3) is 0.391. The van der Waals surface area contributed by atoms with E-state index in [1.807, 2.05) is 60.7 Å². The van der Waals surface area contributed by atoms with Crippen molar-refractivity contribution in [2.75, 3.05) is 6.54 Å². The maximum absolute atomic E-state index is 12.2. The summed E-state index contributed by atoms with van der Waals surface area (Å²) in [6.45, 7) is 0.558. The first-order chi connectivity index (χ1) is 14.6. The zero-order valence-electron chi connectivity index (χ0n) is 16.8. The molecule has 30 heavy (non-hydrogen) atoms. The molecule has 3 rings (SSSR count). The van der Waals surface area contributed by atoms with Gasteiger partial charge < -0.3 is 25.2 Å². The second kappa shape index (κ2) is 11.2. The van der Waals surface area contributed by atoms with Crippen LogP contribution in [-0.2, 0) is 22.7 Å².